The lowest BCUT2D eigenvalue weighted by Gasteiger charge is -2.41. The van der Waals surface area contributed by atoms with Crippen molar-refractivity contribution in [1.29, 1.82) is 0 Å². The SMILES string of the molecule is C[C@H]1[C@@H](CSc2ccccc2)O[C@@H](c2ccc(NC(=O)CCC(=O)O)cc2)O[C@H]1c1ccc(CO)cc1. The molecule has 8 heteroatoms. The van der Waals surface area contributed by atoms with Crippen LogP contribution in [0.2, 0.25) is 0 Å². The Morgan fingerprint density at radius 2 is 1.57 bits per heavy atom. The van der Waals surface area contributed by atoms with Gasteiger partial charge in [-0.05, 0) is 35.4 Å². The zero-order valence-electron chi connectivity index (χ0n) is 20.6. The van der Waals surface area contributed by atoms with E-state index in [0.717, 1.165) is 22.4 Å². The number of anilines is 1. The number of amides is 1. The van der Waals surface area contributed by atoms with Gasteiger partial charge in [0.2, 0.25) is 5.91 Å². The van der Waals surface area contributed by atoms with Crippen LogP contribution in [0.4, 0.5) is 5.69 Å². The number of nitrogens with one attached hydrogen (secondary N) is 1. The summed E-state index contributed by atoms with van der Waals surface area (Å²) < 4.78 is 12.9. The minimum atomic E-state index is -1.01. The number of aliphatic carboxylic acids is 1. The fraction of sp³-hybridized carbons (Fsp3) is 0.310. The van der Waals surface area contributed by atoms with Gasteiger partial charge >= 0.3 is 5.97 Å². The van der Waals surface area contributed by atoms with Crippen molar-refractivity contribution in [2.75, 3.05) is 11.1 Å². The van der Waals surface area contributed by atoms with Gasteiger partial charge in [-0.3, -0.25) is 9.59 Å². The fourth-order valence-corrected chi connectivity index (χ4v) is 5.26. The lowest BCUT2D eigenvalue weighted by Crippen LogP contribution is -2.38. The number of aliphatic hydroxyl groups is 1. The normalized spacial score (nSPS) is 21.4. The molecule has 1 aliphatic rings. The Kier molecular flexibility index (Phi) is 9.35. The largest absolute Gasteiger partial charge is 0.481 e. The molecule has 1 saturated heterocycles. The van der Waals surface area contributed by atoms with Crippen LogP contribution in [0.5, 0.6) is 0 Å². The molecule has 3 aromatic rings. The first-order valence-corrected chi connectivity index (χ1v) is 13.2. The molecule has 37 heavy (non-hydrogen) atoms. The van der Waals surface area contributed by atoms with Crippen LogP contribution in [0.3, 0.4) is 0 Å². The number of thioether (sulfide) groups is 1. The highest BCUT2D eigenvalue weighted by atomic mass is 32.2. The summed E-state index contributed by atoms with van der Waals surface area (Å²) in [5.74, 6) is -0.515. The summed E-state index contributed by atoms with van der Waals surface area (Å²) in [6.45, 7) is 2.12. The number of carboxylic acids is 1. The Balaban J connectivity index is 1.50. The average Bonchev–Trinajstić information content (AvgIpc) is 2.92. The van der Waals surface area contributed by atoms with E-state index in [-0.39, 0.29) is 43.5 Å². The molecule has 1 fully saturated rings. The molecule has 4 rings (SSSR count). The lowest BCUT2D eigenvalue weighted by molar-refractivity contribution is -0.268. The Morgan fingerprint density at radius 3 is 2.22 bits per heavy atom. The summed E-state index contributed by atoms with van der Waals surface area (Å²) >= 11 is 1.74. The van der Waals surface area contributed by atoms with Gasteiger partial charge < -0.3 is 25.0 Å². The second-order valence-electron chi connectivity index (χ2n) is 9.01. The van der Waals surface area contributed by atoms with E-state index in [2.05, 4.69) is 24.4 Å². The number of carbonyl (C=O) groups excluding carboxylic acids is 1. The van der Waals surface area contributed by atoms with Gasteiger partial charge in [-0.2, -0.15) is 0 Å². The van der Waals surface area contributed by atoms with E-state index in [4.69, 9.17) is 14.6 Å². The second kappa shape index (κ2) is 12.9. The van der Waals surface area contributed by atoms with Crippen molar-refractivity contribution in [3.05, 3.63) is 95.6 Å². The van der Waals surface area contributed by atoms with Crippen LogP contribution in [0, 0.1) is 5.92 Å². The van der Waals surface area contributed by atoms with Crippen LogP contribution in [0.15, 0.2) is 83.8 Å². The standard InChI is InChI=1S/C29H31NO6S/c1-19-25(18-37-24-5-3-2-4-6-24)35-29(36-28(19)21-9-7-20(17-31)8-10-21)22-11-13-23(14-12-22)30-26(32)15-16-27(33)34/h2-14,19,25,28-29,31H,15-18H2,1H3,(H,30,32)(H,33,34)/t19-,25+,28+,29+/m0/s1. The molecule has 0 aromatic heterocycles. The van der Waals surface area contributed by atoms with Crippen LogP contribution < -0.4 is 5.32 Å². The van der Waals surface area contributed by atoms with Crippen LogP contribution >= 0.6 is 11.8 Å². The molecule has 1 amide bonds. The molecule has 0 unspecified atom stereocenters. The Hall–Kier alpha value is -3.17. The van der Waals surface area contributed by atoms with E-state index in [1.165, 1.54) is 4.90 Å². The highest BCUT2D eigenvalue weighted by Crippen LogP contribution is 2.43. The van der Waals surface area contributed by atoms with Crippen molar-refractivity contribution in [2.45, 2.75) is 49.8 Å². The Bertz CT molecular complexity index is 1170. The van der Waals surface area contributed by atoms with Gasteiger partial charge in [-0.1, -0.05) is 61.5 Å². The predicted molar refractivity (Wildman–Crippen MR) is 142 cm³/mol. The molecule has 7 nitrogen and oxygen atoms in total. The first kappa shape index (κ1) is 26.9. The zero-order chi connectivity index (χ0) is 26.2. The maximum Gasteiger partial charge on any atom is 0.303 e. The van der Waals surface area contributed by atoms with Crippen molar-refractivity contribution in [3.8, 4) is 0 Å². The maximum atomic E-state index is 12.0. The molecular weight excluding hydrogens is 490 g/mol. The molecule has 0 radical (unpaired) electrons. The number of benzene rings is 3. The number of rotatable bonds is 10. The molecule has 4 atom stereocenters. The molecule has 0 saturated carbocycles. The van der Waals surface area contributed by atoms with Crippen molar-refractivity contribution in [2.24, 2.45) is 5.92 Å². The van der Waals surface area contributed by atoms with Crippen molar-refractivity contribution >= 4 is 29.3 Å². The van der Waals surface area contributed by atoms with Crippen molar-refractivity contribution < 1.29 is 29.3 Å². The van der Waals surface area contributed by atoms with Crippen LogP contribution in [-0.2, 0) is 25.7 Å². The van der Waals surface area contributed by atoms with Gasteiger partial charge in [0.05, 0.1) is 25.2 Å². The summed E-state index contributed by atoms with van der Waals surface area (Å²) in [4.78, 5) is 23.8. The number of hydrogen-bond donors (Lipinski definition) is 3. The smallest absolute Gasteiger partial charge is 0.303 e. The van der Waals surface area contributed by atoms with Gasteiger partial charge in [0.15, 0.2) is 6.29 Å². The molecule has 3 aromatic carbocycles. The quantitative estimate of drug-likeness (QED) is 0.300. The van der Waals surface area contributed by atoms with E-state index >= 15 is 0 Å². The molecule has 0 spiro atoms. The topological polar surface area (TPSA) is 105 Å². The van der Waals surface area contributed by atoms with E-state index in [1.54, 1.807) is 23.9 Å². The molecule has 0 bridgehead atoms. The van der Waals surface area contributed by atoms with E-state index in [1.807, 2.05) is 54.6 Å². The van der Waals surface area contributed by atoms with Crippen LogP contribution in [0.1, 0.15) is 48.8 Å². The number of hydrogen-bond acceptors (Lipinski definition) is 6. The van der Waals surface area contributed by atoms with E-state index in [9.17, 15) is 14.7 Å². The molecule has 1 heterocycles. The number of ether oxygens (including phenoxy) is 2. The van der Waals surface area contributed by atoms with E-state index < -0.39 is 12.3 Å². The summed E-state index contributed by atoms with van der Waals surface area (Å²) in [6.07, 6.45) is -1.18. The molecular formula is C29H31NO6S. The van der Waals surface area contributed by atoms with E-state index in [0.29, 0.717) is 5.69 Å². The number of carbonyl (C=O) groups is 2. The van der Waals surface area contributed by atoms with Gasteiger partial charge in [0, 0.05) is 34.2 Å². The predicted octanol–water partition coefficient (Wildman–Crippen LogP) is 5.57. The number of carboxylic acid groups (broad SMARTS) is 1. The lowest BCUT2D eigenvalue weighted by atomic mass is 9.91. The van der Waals surface area contributed by atoms with Crippen molar-refractivity contribution in [1.82, 2.24) is 0 Å². The first-order chi connectivity index (χ1) is 17.9. The monoisotopic (exact) mass is 521 g/mol. The molecule has 1 aliphatic heterocycles. The highest BCUT2D eigenvalue weighted by molar-refractivity contribution is 7.99. The maximum absolute atomic E-state index is 12.0. The first-order valence-electron chi connectivity index (χ1n) is 12.2. The zero-order valence-corrected chi connectivity index (χ0v) is 21.4. The van der Waals surface area contributed by atoms with Crippen LogP contribution in [0.25, 0.3) is 0 Å². The summed E-state index contributed by atoms with van der Waals surface area (Å²) in [5.41, 5.74) is 3.27. The van der Waals surface area contributed by atoms with Crippen LogP contribution in [-0.4, -0.2) is 33.9 Å². The molecule has 3 N–H and O–H groups in total. The number of aliphatic hydroxyl groups excluding tert-OH is 1. The Morgan fingerprint density at radius 1 is 0.892 bits per heavy atom. The van der Waals surface area contributed by atoms with Gasteiger partial charge in [0.1, 0.15) is 0 Å². The third-order valence-electron chi connectivity index (χ3n) is 6.31. The third kappa shape index (κ3) is 7.42. The van der Waals surface area contributed by atoms with Gasteiger partial charge in [-0.25, -0.2) is 0 Å². The summed E-state index contributed by atoms with van der Waals surface area (Å²) in [7, 11) is 0. The third-order valence-corrected chi connectivity index (χ3v) is 7.41. The Labute approximate surface area is 220 Å². The molecule has 194 valence electrons. The molecule has 0 aliphatic carbocycles. The average molecular weight is 522 g/mol. The second-order valence-corrected chi connectivity index (χ2v) is 10.1. The highest BCUT2D eigenvalue weighted by Gasteiger charge is 2.38. The summed E-state index contributed by atoms with van der Waals surface area (Å²) in [5, 5.41) is 20.9. The minimum Gasteiger partial charge on any atom is -0.481 e. The fourth-order valence-electron chi connectivity index (χ4n) is 4.17. The van der Waals surface area contributed by atoms with Crippen molar-refractivity contribution in [3.63, 3.8) is 0 Å². The van der Waals surface area contributed by atoms with Gasteiger partial charge in [0.25, 0.3) is 0 Å². The minimum absolute atomic E-state index is 0.0113. The van der Waals surface area contributed by atoms with Gasteiger partial charge in [-0.15, -0.1) is 11.8 Å². The summed E-state index contributed by atoms with van der Waals surface area (Å²) in [6, 6.07) is 25.2.